The van der Waals surface area contributed by atoms with E-state index in [1.165, 1.54) is 17.5 Å². The zero-order valence-corrected chi connectivity index (χ0v) is 10.9. The van der Waals surface area contributed by atoms with Crippen molar-refractivity contribution < 1.29 is 4.74 Å². The first-order valence-electron chi connectivity index (χ1n) is 6.55. The highest BCUT2D eigenvalue weighted by Gasteiger charge is 1.97. The van der Waals surface area contributed by atoms with Crippen LogP contribution >= 0.6 is 0 Å². The molecule has 1 heteroatoms. The predicted octanol–water partition coefficient (Wildman–Crippen LogP) is 4.26. The van der Waals surface area contributed by atoms with Crippen molar-refractivity contribution in [3.8, 4) is 5.75 Å². The van der Waals surface area contributed by atoms with Gasteiger partial charge in [-0.05, 0) is 42.2 Å². The molecular weight excluding hydrogens is 220 g/mol. The summed E-state index contributed by atoms with van der Waals surface area (Å²) in [6.45, 7) is 2.98. The van der Waals surface area contributed by atoms with Gasteiger partial charge in [0.05, 0.1) is 6.61 Å². The van der Waals surface area contributed by atoms with Crippen molar-refractivity contribution in [3.63, 3.8) is 0 Å². The molecule has 0 fully saturated rings. The Bertz CT molecular complexity index is 445. The van der Waals surface area contributed by atoms with E-state index in [0.717, 1.165) is 25.2 Å². The van der Waals surface area contributed by atoms with Crippen LogP contribution in [-0.4, -0.2) is 6.61 Å². The van der Waals surface area contributed by atoms with Crippen molar-refractivity contribution in [2.24, 2.45) is 0 Å². The number of benzene rings is 2. The molecule has 0 saturated carbocycles. The van der Waals surface area contributed by atoms with Crippen LogP contribution in [0.1, 0.15) is 30.9 Å². The molecule has 0 heterocycles. The Labute approximate surface area is 109 Å². The molecule has 0 unspecified atom stereocenters. The molecule has 0 amide bonds. The minimum Gasteiger partial charge on any atom is -0.494 e. The maximum absolute atomic E-state index is 5.65. The third-order valence-corrected chi connectivity index (χ3v) is 2.89. The summed E-state index contributed by atoms with van der Waals surface area (Å²) in [7, 11) is 0. The van der Waals surface area contributed by atoms with Crippen LogP contribution in [0.4, 0.5) is 0 Å². The zero-order chi connectivity index (χ0) is 12.6. The molecule has 0 aliphatic carbocycles. The Morgan fingerprint density at radius 3 is 2.28 bits per heavy atom. The maximum Gasteiger partial charge on any atom is 0.119 e. The summed E-state index contributed by atoms with van der Waals surface area (Å²) in [5, 5.41) is 0. The number of hydrogen-bond donors (Lipinski definition) is 0. The topological polar surface area (TPSA) is 9.23 Å². The van der Waals surface area contributed by atoms with E-state index in [-0.39, 0.29) is 0 Å². The van der Waals surface area contributed by atoms with Gasteiger partial charge in [-0.15, -0.1) is 0 Å². The minimum atomic E-state index is 0.810. The quantitative estimate of drug-likeness (QED) is 0.684. The Morgan fingerprint density at radius 1 is 0.944 bits per heavy atom. The Balaban J connectivity index is 1.91. The van der Waals surface area contributed by atoms with Crippen molar-refractivity contribution >= 4 is 0 Å². The summed E-state index contributed by atoms with van der Waals surface area (Å²) in [5.74, 6) is 0.966. The van der Waals surface area contributed by atoms with Gasteiger partial charge < -0.3 is 4.74 Å². The zero-order valence-electron chi connectivity index (χ0n) is 10.9. The van der Waals surface area contributed by atoms with Gasteiger partial charge in [0, 0.05) is 0 Å². The molecule has 0 spiro atoms. The van der Waals surface area contributed by atoms with Crippen LogP contribution < -0.4 is 4.74 Å². The molecule has 0 N–H and O–H groups in total. The molecule has 0 aromatic heterocycles. The lowest BCUT2D eigenvalue weighted by Gasteiger charge is -2.06. The number of unbranched alkanes of at least 4 members (excludes halogenated alkanes) is 1. The molecule has 0 aliphatic heterocycles. The van der Waals surface area contributed by atoms with E-state index in [1.54, 1.807) is 0 Å². The lowest BCUT2D eigenvalue weighted by molar-refractivity contribution is 0.309. The SMILES string of the molecule is CCCCOc1ccc(Cc2cc[c]cc2)cc1. The number of ether oxygens (including phenoxy) is 1. The molecule has 0 saturated heterocycles. The average Bonchev–Trinajstić information content (AvgIpc) is 2.42. The number of hydrogen-bond acceptors (Lipinski definition) is 1. The van der Waals surface area contributed by atoms with E-state index < -0.39 is 0 Å². The fourth-order valence-corrected chi connectivity index (χ4v) is 1.81. The monoisotopic (exact) mass is 239 g/mol. The van der Waals surface area contributed by atoms with E-state index >= 15 is 0 Å². The van der Waals surface area contributed by atoms with E-state index in [0.29, 0.717) is 0 Å². The van der Waals surface area contributed by atoms with Gasteiger partial charge in [-0.2, -0.15) is 0 Å². The van der Waals surface area contributed by atoms with Gasteiger partial charge in [0.25, 0.3) is 0 Å². The van der Waals surface area contributed by atoms with Gasteiger partial charge in [0.1, 0.15) is 5.75 Å². The summed E-state index contributed by atoms with van der Waals surface area (Å²) in [4.78, 5) is 0. The van der Waals surface area contributed by atoms with Gasteiger partial charge in [-0.3, -0.25) is 0 Å². The third-order valence-electron chi connectivity index (χ3n) is 2.89. The maximum atomic E-state index is 5.65. The highest BCUT2D eigenvalue weighted by atomic mass is 16.5. The molecule has 2 aromatic carbocycles. The van der Waals surface area contributed by atoms with Crippen LogP contribution in [0.3, 0.4) is 0 Å². The van der Waals surface area contributed by atoms with E-state index in [9.17, 15) is 0 Å². The van der Waals surface area contributed by atoms with Crippen molar-refractivity contribution in [2.45, 2.75) is 26.2 Å². The van der Waals surface area contributed by atoms with E-state index in [4.69, 9.17) is 4.74 Å². The Kier molecular flexibility index (Phi) is 4.83. The fourth-order valence-electron chi connectivity index (χ4n) is 1.81. The van der Waals surface area contributed by atoms with Crippen LogP contribution in [-0.2, 0) is 6.42 Å². The highest BCUT2D eigenvalue weighted by molar-refractivity contribution is 5.31. The van der Waals surface area contributed by atoms with Crippen molar-refractivity contribution in [1.29, 1.82) is 0 Å². The smallest absolute Gasteiger partial charge is 0.119 e. The predicted molar refractivity (Wildman–Crippen MR) is 74.9 cm³/mol. The molecular formula is C17H19O. The summed E-state index contributed by atoms with van der Waals surface area (Å²) in [6.07, 6.45) is 3.25. The van der Waals surface area contributed by atoms with E-state index in [2.05, 4.69) is 49.4 Å². The molecule has 0 atom stereocenters. The van der Waals surface area contributed by atoms with Crippen molar-refractivity contribution in [3.05, 3.63) is 65.7 Å². The van der Waals surface area contributed by atoms with Gasteiger partial charge in [-0.25, -0.2) is 0 Å². The van der Waals surface area contributed by atoms with Crippen LogP contribution in [0.15, 0.2) is 48.5 Å². The van der Waals surface area contributed by atoms with Crippen molar-refractivity contribution in [1.82, 2.24) is 0 Å². The van der Waals surface area contributed by atoms with Crippen LogP contribution in [0.2, 0.25) is 0 Å². The first kappa shape index (κ1) is 12.7. The molecule has 1 nitrogen and oxygen atoms in total. The molecule has 0 aliphatic rings. The van der Waals surface area contributed by atoms with Crippen LogP contribution in [0.5, 0.6) is 5.75 Å². The molecule has 18 heavy (non-hydrogen) atoms. The molecule has 0 bridgehead atoms. The fraction of sp³-hybridized carbons (Fsp3) is 0.294. The second kappa shape index (κ2) is 6.85. The minimum absolute atomic E-state index is 0.810. The van der Waals surface area contributed by atoms with Gasteiger partial charge >= 0.3 is 0 Å². The van der Waals surface area contributed by atoms with Gasteiger partial charge in [-0.1, -0.05) is 49.7 Å². The second-order valence-electron chi connectivity index (χ2n) is 4.43. The molecule has 1 radical (unpaired) electrons. The first-order chi connectivity index (χ1) is 8.88. The summed E-state index contributed by atoms with van der Waals surface area (Å²) in [5.41, 5.74) is 2.62. The van der Waals surface area contributed by atoms with E-state index in [1.807, 2.05) is 12.1 Å². The summed E-state index contributed by atoms with van der Waals surface area (Å²) in [6, 6.07) is 19.5. The van der Waals surface area contributed by atoms with Crippen LogP contribution in [0.25, 0.3) is 0 Å². The third kappa shape index (κ3) is 3.92. The standard InChI is InChI=1S/C17H19O/c1-2-3-13-18-17-11-9-16(10-12-17)14-15-7-5-4-6-8-15/h5-12H,2-3,13-14H2,1H3. The lowest BCUT2D eigenvalue weighted by atomic mass is 10.1. The van der Waals surface area contributed by atoms with Crippen molar-refractivity contribution in [2.75, 3.05) is 6.61 Å². The first-order valence-corrected chi connectivity index (χ1v) is 6.55. The average molecular weight is 239 g/mol. The Hall–Kier alpha value is -1.76. The largest absolute Gasteiger partial charge is 0.494 e. The number of rotatable bonds is 6. The highest BCUT2D eigenvalue weighted by Crippen LogP contribution is 2.15. The van der Waals surface area contributed by atoms with Gasteiger partial charge in [0.2, 0.25) is 0 Å². The summed E-state index contributed by atoms with van der Waals surface area (Å²) >= 11 is 0. The summed E-state index contributed by atoms with van der Waals surface area (Å²) < 4.78 is 5.65. The van der Waals surface area contributed by atoms with Crippen LogP contribution in [0, 0.1) is 6.07 Å². The molecule has 2 rings (SSSR count). The lowest BCUT2D eigenvalue weighted by Crippen LogP contribution is -1.96. The molecule has 2 aromatic rings. The normalized spacial score (nSPS) is 10.3. The Morgan fingerprint density at radius 2 is 1.61 bits per heavy atom. The molecule has 93 valence electrons. The van der Waals surface area contributed by atoms with Gasteiger partial charge in [0.15, 0.2) is 0 Å². The second-order valence-corrected chi connectivity index (χ2v) is 4.43.